The molecule has 2 aromatic rings. The fourth-order valence-corrected chi connectivity index (χ4v) is 3.55. The minimum atomic E-state index is 0. The van der Waals surface area contributed by atoms with E-state index < -0.39 is 0 Å². The minimum absolute atomic E-state index is 0. The van der Waals surface area contributed by atoms with Crippen molar-refractivity contribution < 1.29 is 19.2 Å². The first-order valence-corrected chi connectivity index (χ1v) is 12.9. The first-order chi connectivity index (χ1) is 17.7. The molecule has 41 heavy (non-hydrogen) atoms. The standard InChI is InChI=1S/C15H25N.C15H21N.2CO2.2CH4.ClH/c2*1-12-5-7-13(8-6-12)14(11-16)9-10-15(2,3)4;2*2-1-3;;;/h5-8,14H,9-11,16H2,1-4H3;5-8,14H,9-10H2,1-4H3;;;2*1H4;1H. The molecule has 0 aliphatic carbocycles. The van der Waals surface area contributed by atoms with Crippen molar-refractivity contribution in [2.75, 3.05) is 6.54 Å². The van der Waals surface area contributed by atoms with E-state index in [0.717, 1.165) is 24.9 Å². The second kappa shape index (κ2) is 25.9. The summed E-state index contributed by atoms with van der Waals surface area (Å²) < 4.78 is 0. The van der Waals surface area contributed by atoms with Gasteiger partial charge in [-0.25, -0.2) is 0 Å². The average molecular weight is 591 g/mol. The van der Waals surface area contributed by atoms with Crippen LogP contribution in [0.2, 0.25) is 0 Å². The summed E-state index contributed by atoms with van der Waals surface area (Å²) in [6.07, 6.45) is 4.94. The van der Waals surface area contributed by atoms with Gasteiger partial charge in [-0.1, -0.05) is 116 Å². The van der Waals surface area contributed by atoms with Crippen LogP contribution in [-0.4, -0.2) is 18.8 Å². The zero-order chi connectivity index (χ0) is 29.8. The molecule has 0 aromatic heterocycles. The zero-order valence-electron chi connectivity index (χ0n) is 24.9. The number of nitriles is 1. The molecule has 0 aliphatic rings. The highest BCUT2D eigenvalue weighted by molar-refractivity contribution is 5.85. The molecule has 2 atom stereocenters. The predicted octanol–water partition coefficient (Wildman–Crippen LogP) is 8.82. The Bertz CT molecular complexity index is 991. The third-order valence-electron chi connectivity index (χ3n) is 5.89. The Hall–Kier alpha value is -3.06. The van der Waals surface area contributed by atoms with Gasteiger partial charge in [0.2, 0.25) is 0 Å². The quantitative estimate of drug-likeness (QED) is 0.344. The normalized spacial score (nSPS) is 10.9. The third kappa shape index (κ3) is 26.9. The molecule has 7 heteroatoms. The van der Waals surface area contributed by atoms with Crippen LogP contribution >= 0.6 is 12.4 Å². The van der Waals surface area contributed by atoms with Crippen LogP contribution in [0.15, 0.2) is 48.5 Å². The van der Waals surface area contributed by atoms with Gasteiger partial charge in [0, 0.05) is 0 Å². The SMILES string of the molecule is C.C.Cc1ccc(C(C#N)CCC(C)(C)C)cc1.Cc1ccc(C(CN)CCC(C)(C)C)cc1.Cl.O=C=O.O=C=O. The molecule has 0 aliphatic heterocycles. The molecular formula is C34H55ClN2O4. The van der Waals surface area contributed by atoms with Crippen molar-refractivity contribution in [2.24, 2.45) is 16.6 Å². The summed E-state index contributed by atoms with van der Waals surface area (Å²) >= 11 is 0. The van der Waals surface area contributed by atoms with Crippen LogP contribution in [0, 0.1) is 36.0 Å². The van der Waals surface area contributed by atoms with Crippen LogP contribution in [0.25, 0.3) is 0 Å². The number of aryl methyl sites for hydroxylation is 2. The van der Waals surface area contributed by atoms with Gasteiger partial charge in [0.05, 0.1) is 12.0 Å². The number of hydrogen-bond donors (Lipinski definition) is 1. The van der Waals surface area contributed by atoms with E-state index in [9.17, 15) is 5.26 Å². The number of halogens is 1. The van der Waals surface area contributed by atoms with Gasteiger partial charge >= 0.3 is 12.3 Å². The molecule has 0 radical (unpaired) electrons. The smallest absolute Gasteiger partial charge is 0.330 e. The van der Waals surface area contributed by atoms with E-state index >= 15 is 0 Å². The summed E-state index contributed by atoms with van der Waals surface area (Å²) in [5.74, 6) is 0.555. The van der Waals surface area contributed by atoms with E-state index in [1.54, 1.807) is 0 Å². The molecule has 0 saturated heterocycles. The Balaban J connectivity index is -0.000000166. The molecule has 2 N–H and O–H groups in total. The molecule has 2 aromatic carbocycles. The van der Waals surface area contributed by atoms with Crippen molar-refractivity contribution in [3.63, 3.8) is 0 Å². The number of benzene rings is 2. The lowest BCUT2D eigenvalue weighted by Gasteiger charge is -2.22. The lowest BCUT2D eigenvalue weighted by Crippen LogP contribution is -2.15. The molecule has 2 rings (SSSR count). The van der Waals surface area contributed by atoms with Gasteiger partial charge in [-0.05, 0) is 74.0 Å². The lowest BCUT2D eigenvalue weighted by atomic mass is 9.84. The highest BCUT2D eigenvalue weighted by Crippen LogP contribution is 2.29. The number of rotatable bonds is 7. The summed E-state index contributed by atoms with van der Waals surface area (Å²) in [4.78, 5) is 32.5. The summed E-state index contributed by atoms with van der Waals surface area (Å²) in [7, 11) is 0. The maximum Gasteiger partial charge on any atom is 0.373 e. The van der Waals surface area contributed by atoms with Crippen molar-refractivity contribution in [1.29, 1.82) is 5.26 Å². The molecule has 0 heterocycles. The minimum Gasteiger partial charge on any atom is -0.330 e. The number of nitrogens with two attached hydrogens (primary N) is 1. The van der Waals surface area contributed by atoms with Gasteiger partial charge in [0.25, 0.3) is 0 Å². The van der Waals surface area contributed by atoms with E-state index in [-0.39, 0.29) is 45.5 Å². The third-order valence-corrected chi connectivity index (χ3v) is 5.89. The van der Waals surface area contributed by atoms with Crippen LogP contribution in [0.5, 0.6) is 0 Å². The highest BCUT2D eigenvalue weighted by atomic mass is 35.5. The second-order valence-corrected chi connectivity index (χ2v) is 11.8. The Morgan fingerprint density at radius 3 is 1.29 bits per heavy atom. The molecule has 2 unspecified atom stereocenters. The molecule has 0 spiro atoms. The van der Waals surface area contributed by atoms with Crippen molar-refractivity contribution in [3.05, 3.63) is 70.8 Å². The number of nitrogens with zero attached hydrogens (tertiary/aromatic N) is 1. The molecule has 0 saturated carbocycles. The Kier molecular flexibility index (Phi) is 30.1. The van der Waals surface area contributed by atoms with Crippen molar-refractivity contribution in [3.8, 4) is 6.07 Å². The Morgan fingerprint density at radius 2 is 1.00 bits per heavy atom. The van der Waals surface area contributed by atoms with E-state index in [4.69, 9.17) is 24.9 Å². The fraction of sp³-hybridized carbons (Fsp3) is 0.559. The maximum absolute atomic E-state index is 9.20. The summed E-state index contributed by atoms with van der Waals surface area (Å²) in [6.45, 7) is 18.5. The van der Waals surface area contributed by atoms with Crippen molar-refractivity contribution in [1.82, 2.24) is 0 Å². The van der Waals surface area contributed by atoms with Crippen LogP contribution < -0.4 is 5.73 Å². The van der Waals surface area contributed by atoms with E-state index in [1.807, 2.05) is 0 Å². The molecule has 232 valence electrons. The summed E-state index contributed by atoms with van der Waals surface area (Å²) in [5, 5.41) is 9.20. The van der Waals surface area contributed by atoms with Crippen LogP contribution in [0.4, 0.5) is 0 Å². The first kappa shape index (κ1) is 47.7. The lowest BCUT2D eigenvalue weighted by molar-refractivity contribution is -0.193. The summed E-state index contributed by atoms with van der Waals surface area (Å²) in [5.41, 5.74) is 11.7. The fourth-order valence-electron chi connectivity index (χ4n) is 3.55. The molecule has 0 amide bonds. The average Bonchev–Trinajstić information content (AvgIpc) is 2.82. The van der Waals surface area contributed by atoms with Crippen LogP contribution in [0.1, 0.15) is 116 Å². The second-order valence-electron chi connectivity index (χ2n) is 11.8. The molecule has 6 nitrogen and oxygen atoms in total. The Morgan fingerprint density at radius 1 is 0.683 bits per heavy atom. The molecule has 0 bridgehead atoms. The van der Waals surface area contributed by atoms with E-state index in [0.29, 0.717) is 16.7 Å². The summed E-state index contributed by atoms with van der Waals surface area (Å²) in [6, 6.07) is 19.5. The van der Waals surface area contributed by atoms with E-state index in [1.165, 1.54) is 29.5 Å². The van der Waals surface area contributed by atoms with Gasteiger partial charge in [-0.2, -0.15) is 24.4 Å². The molecule has 0 fully saturated rings. The molecular weight excluding hydrogens is 536 g/mol. The maximum atomic E-state index is 9.20. The number of carbonyl (C=O) groups excluding carboxylic acids is 4. The largest absolute Gasteiger partial charge is 0.373 e. The monoisotopic (exact) mass is 590 g/mol. The predicted molar refractivity (Wildman–Crippen MR) is 171 cm³/mol. The van der Waals surface area contributed by atoms with Gasteiger partial charge in [0.15, 0.2) is 0 Å². The zero-order valence-corrected chi connectivity index (χ0v) is 25.7. The van der Waals surface area contributed by atoms with Gasteiger partial charge < -0.3 is 5.73 Å². The number of hydrogen-bond acceptors (Lipinski definition) is 6. The van der Waals surface area contributed by atoms with E-state index in [2.05, 4.69) is 110 Å². The first-order valence-electron chi connectivity index (χ1n) is 12.9. The van der Waals surface area contributed by atoms with Gasteiger partial charge in [0.1, 0.15) is 0 Å². The van der Waals surface area contributed by atoms with Crippen molar-refractivity contribution >= 4 is 24.7 Å². The van der Waals surface area contributed by atoms with Crippen molar-refractivity contribution in [2.45, 2.75) is 108 Å². The van der Waals surface area contributed by atoms with Crippen LogP contribution in [0.3, 0.4) is 0 Å². The highest BCUT2D eigenvalue weighted by Gasteiger charge is 2.17. The van der Waals surface area contributed by atoms with Crippen LogP contribution in [-0.2, 0) is 19.2 Å². The topological polar surface area (TPSA) is 118 Å². The Labute approximate surface area is 256 Å². The van der Waals surface area contributed by atoms with Gasteiger partial charge in [-0.3, -0.25) is 0 Å². The van der Waals surface area contributed by atoms with Gasteiger partial charge in [-0.15, -0.1) is 12.4 Å².